The van der Waals surface area contributed by atoms with Crippen molar-refractivity contribution >= 4 is 22.0 Å². The summed E-state index contributed by atoms with van der Waals surface area (Å²) in [7, 11) is 0. The molecule has 1 saturated heterocycles. The monoisotopic (exact) mass is 259 g/mol. The fourth-order valence-electron chi connectivity index (χ4n) is 1.39. The summed E-state index contributed by atoms with van der Waals surface area (Å²) in [6.45, 7) is 1.57. The van der Waals surface area contributed by atoms with Gasteiger partial charge in [-0.3, -0.25) is 0 Å². The standard InChI is InChI=1S/C8H10BrN3O2/c9-7-10-5-6(11-7)14-8(13)12-3-1-2-4-12/h5H,1-4H2,(H,10,11). The molecule has 2 rings (SSSR count). The van der Waals surface area contributed by atoms with Crippen LogP contribution in [-0.4, -0.2) is 34.1 Å². The van der Waals surface area contributed by atoms with Crippen molar-refractivity contribution in [2.24, 2.45) is 0 Å². The van der Waals surface area contributed by atoms with Crippen molar-refractivity contribution in [1.82, 2.24) is 14.9 Å². The second-order valence-corrected chi connectivity index (χ2v) is 3.85. The summed E-state index contributed by atoms with van der Waals surface area (Å²) in [6.07, 6.45) is 3.28. The van der Waals surface area contributed by atoms with Gasteiger partial charge in [-0.1, -0.05) is 0 Å². The Labute approximate surface area is 89.6 Å². The third-order valence-electron chi connectivity index (χ3n) is 2.08. The molecule has 0 spiro atoms. The van der Waals surface area contributed by atoms with Gasteiger partial charge in [0.2, 0.25) is 5.88 Å². The van der Waals surface area contributed by atoms with E-state index in [1.165, 1.54) is 6.20 Å². The predicted molar refractivity (Wildman–Crippen MR) is 53.1 cm³/mol. The van der Waals surface area contributed by atoms with E-state index in [1.54, 1.807) is 4.90 Å². The highest BCUT2D eigenvalue weighted by Crippen LogP contribution is 2.14. The normalized spacial score (nSPS) is 15.9. The van der Waals surface area contributed by atoms with E-state index in [2.05, 4.69) is 25.9 Å². The fourth-order valence-corrected chi connectivity index (χ4v) is 1.69. The van der Waals surface area contributed by atoms with E-state index in [1.807, 2.05) is 0 Å². The molecule has 0 aromatic carbocycles. The minimum atomic E-state index is -0.307. The van der Waals surface area contributed by atoms with E-state index < -0.39 is 0 Å². The summed E-state index contributed by atoms with van der Waals surface area (Å²) in [6, 6.07) is 0. The minimum Gasteiger partial charge on any atom is -0.391 e. The Balaban J connectivity index is 1.93. The number of imidazole rings is 1. The second-order valence-electron chi connectivity index (χ2n) is 3.10. The molecule has 0 bridgehead atoms. The molecule has 1 fully saturated rings. The molecule has 0 unspecified atom stereocenters. The third-order valence-corrected chi connectivity index (χ3v) is 2.49. The molecular formula is C8H10BrN3O2. The van der Waals surface area contributed by atoms with Crippen molar-refractivity contribution in [3.63, 3.8) is 0 Å². The summed E-state index contributed by atoms with van der Waals surface area (Å²) in [5, 5.41) is 0. The van der Waals surface area contributed by atoms with E-state index in [-0.39, 0.29) is 6.09 Å². The quantitative estimate of drug-likeness (QED) is 0.837. The molecule has 1 aliphatic heterocycles. The maximum Gasteiger partial charge on any atom is 0.416 e. The number of carbonyl (C=O) groups excluding carboxylic acids is 1. The van der Waals surface area contributed by atoms with E-state index in [9.17, 15) is 4.79 Å². The van der Waals surface area contributed by atoms with E-state index in [0.717, 1.165) is 25.9 Å². The lowest BCUT2D eigenvalue weighted by Gasteiger charge is -2.13. The van der Waals surface area contributed by atoms with Crippen LogP contribution in [0.2, 0.25) is 0 Å². The van der Waals surface area contributed by atoms with Gasteiger partial charge in [0.25, 0.3) is 0 Å². The number of carbonyl (C=O) groups is 1. The summed E-state index contributed by atoms with van der Waals surface area (Å²) in [5.74, 6) is 0.369. The Bertz CT molecular complexity index is 333. The van der Waals surface area contributed by atoms with Gasteiger partial charge in [-0.25, -0.2) is 9.78 Å². The van der Waals surface area contributed by atoms with Gasteiger partial charge in [-0.15, -0.1) is 0 Å². The molecule has 1 amide bonds. The molecule has 0 radical (unpaired) electrons. The second kappa shape index (κ2) is 4.00. The van der Waals surface area contributed by atoms with Crippen molar-refractivity contribution in [3.05, 3.63) is 10.9 Å². The SMILES string of the molecule is O=C(Oc1cnc(Br)[nH]1)N1CCCC1. The number of aromatic amines is 1. The van der Waals surface area contributed by atoms with Crippen molar-refractivity contribution < 1.29 is 9.53 Å². The lowest BCUT2D eigenvalue weighted by molar-refractivity contribution is 0.161. The van der Waals surface area contributed by atoms with Gasteiger partial charge in [-0.05, 0) is 28.8 Å². The molecular weight excluding hydrogens is 250 g/mol. The molecule has 14 heavy (non-hydrogen) atoms. The number of nitrogens with one attached hydrogen (secondary N) is 1. The largest absolute Gasteiger partial charge is 0.416 e. The lowest BCUT2D eigenvalue weighted by atomic mass is 10.4. The van der Waals surface area contributed by atoms with E-state index in [4.69, 9.17) is 4.74 Å². The summed E-state index contributed by atoms with van der Waals surface area (Å²) in [4.78, 5) is 19.8. The Morgan fingerprint density at radius 2 is 2.29 bits per heavy atom. The van der Waals surface area contributed by atoms with E-state index >= 15 is 0 Å². The van der Waals surface area contributed by atoms with Crippen LogP contribution in [0.5, 0.6) is 5.88 Å². The van der Waals surface area contributed by atoms with Crippen molar-refractivity contribution in [3.8, 4) is 5.88 Å². The number of nitrogens with zero attached hydrogens (tertiary/aromatic N) is 2. The topological polar surface area (TPSA) is 58.2 Å². The first-order valence-electron chi connectivity index (χ1n) is 4.43. The van der Waals surface area contributed by atoms with Crippen LogP contribution in [0.3, 0.4) is 0 Å². The van der Waals surface area contributed by atoms with Gasteiger partial charge in [0.1, 0.15) is 0 Å². The summed E-state index contributed by atoms with van der Waals surface area (Å²) in [5.41, 5.74) is 0. The molecule has 2 heterocycles. The highest BCUT2D eigenvalue weighted by Gasteiger charge is 2.20. The Morgan fingerprint density at radius 1 is 1.57 bits per heavy atom. The smallest absolute Gasteiger partial charge is 0.391 e. The first-order chi connectivity index (χ1) is 6.75. The average molecular weight is 260 g/mol. The average Bonchev–Trinajstić information content (AvgIpc) is 2.75. The van der Waals surface area contributed by atoms with Crippen molar-refractivity contribution in [1.29, 1.82) is 0 Å². The zero-order valence-corrected chi connectivity index (χ0v) is 9.08. The Morgan fingerprint density at radius 3 is 2.86 bits per heavy atom. The molecule has 6 heteroatoms. The molecule has 0 aliphatic carbocycles. The molecule has 1 aliphatic rings. The van der Waals surface area contributed by atoms with Gasteiger partial charge in [0.15, 0.2) is 4.73 Å². The van der Waals surface area contributed by atoms with Crippen LogP contribution >= 0.6 is 15.9 Å². The predicted octanol–water partition coefficient (Wildman–Crippen LogP) is 1.77. The maximum absolute atomic E-state index is 11.5. The zero-order valence-electron chi connectivity index (χ0n) is 7.49. The Hall–Kier alpha value is -1.04. The number of H-pyrrole nitrogens is 1. The molecule has 5 nitrogen and oxygen atoms in total. The summed E-state index contributed by atoms with van der Waals surface area (Å²) >= 11 is 3.13. The molecule has 1 aromatic heterocycles. The van der Waals surface area contributed by atoms with Crippen LogP contribution < -0.4 is 4.74 Å². The van der Waals surface area contributed by atoms with Crippen LogP contribution in [0.1, 0.15) is 12.8 Å². The van der Waals surface area contributed by atoms with E-state index in [0.29, 0.717) is 10.6 Å². The fraction of sp³-hybridized carbons (Fsp3) is 0.500. The highest BCUT2D eigenvalue weighted by molar-refractivity contribution is 9.10. The molecule has 0 saturated carbocycles. The number of aromatic nitrogens is 2. The zero-order chi connectivity index (χ0) is 9.97. The van der Waals surface area contributed by atoms with Gasteiger partial charge < -0.3 is 14.6 Å². The number of hydrogen-bond donors (Lipinski definition) is 1. The number of amides is 1. The molecule has 1 aromatic rings. The number of rotatable bonds is 1. The maximum atomic E-state index is 11.5. The number of ether oxygens (including phenoxy) is 1. The minimum absolute atomic E-state index is 0.307. The first-order valence-corrected chi connectivity index (χ1v) is 5.22. The van der Waals surface area contributed by atoms with Crippen LogP contribution in [0.4, 0.5) is 4.79 Å². The number of hydrogen-bond acceptors (Lipinski definition) is 3. The highest BCUT2D eigenvalue weighted by atomic mass is 79.9. The van der Waals surface area contributed by atoms with Crippen LogP contribution in [0.15, 0.2) is 10.9 Å². The van der Waals surface area contributed by atoms with Gasteiger partial charge in [0, 0.05) is 13.1 Å². The van der Waals surface area contributed by atoms with Crippen molar-refractivity contribution in [2.75, 3.05) is 13.1 Å². The molecule has 76 valence electrons. The molecule has 0 atom stereocenters. The van der Waals surface area contributed by atoms with Crippen LogP contribution in [0.25, 0.3) is 0 Å². The van der Waals surface area contributed by atoms with Crippen LogP contribution in [-0.2, 0) is 0 Å². The lowest BCUT2D eigenvalue weighted by Crippen LogP contribution is -2.30. The summed E-state index contributed by atoms with van der Waals surface area (Å²) < 4.78 is 5.62. The first kappa shape index (κ1) is 9.51. The third kappa shape index (κ3) is 2.06. The van der Waals surface area contributed by atoms with Crippen molar-refractivity contribution in [2.45, 2.75) is 12.8 Å². The van der Waals surface area contributed by atoms with Gasteiger partial charge in [0.05, 0.1) is 6.20 Å². The number of halogens is 1. The molecule has 1 N–H and O–H groups in total. The number of likely N-dealkylation sites (tertiary alicyclic amines) is 1. The van der Waals surface area contributed by atoms with Gasteiger partial charge >= 0.3 is 6.09 Å². The Kier molecular flexibility index (Phi) is 2.72. The van der Waals surface area contributed by atoms with Gasteiger partial charge in [-0.2, -0.15) is 0 Å². The van der Waals surface area contributed by atoms with Crippen LogP contribution in [0, 0.1) is 0 Å².